The van der Waals surface area contributed by atoms with Crippen molar-refractivity contribution in [3.63, 3.8) is 0 Å². The van der Waals surface area contributed by atoms with Crippen molar-refractivity contribution in [3.05, 3.63) is 58.7 Å². The lowest BCUT2D eigenvalue weighted by Crippen LogP contribution is -2.07. The summed E-state index contributed by atoms with van der Waals surface area (Å²) in [5.74, 6) is -1.67. The lowest BCUT2D eigenvalue weighted by Gasteiger charge is -2.09. The van der Waals surface area contributed by atoms with Crippen molar-refractivity contribution in [1.29, 1.82) is 0 Å². The molecule has 0 bridgehead atoms. The van der Waals surface area contributed by atoms with Gasteiger partial charge in [0.2, 0.25) is 0 Å². The average Bonchev–Trinajstić information content (AvgIpc) is 2.44. The quantitative estimate of drug-likeness (QED) is 0.693. The minimum absolute atomic E-state index is 0.183. The SMILES string of the molecule is CCOc1ccc(C(=O)c2cc(C)c(F)cc2F)cc1N. The maximum atomic E-state index is 13.8. The predicted molar refractivity (Wildman–Crippen MR) is 76.6 cm³/mol. The zero-order valence-corrected chi connectivity index (χ0v) is 11.7. The minimum atomic E-state index is -0.893. The fourth-order valence-corrected chi connectivity index (χ4v) is 1.96. The van der Waals surface area contributed by atoms with Gasteiger partial charge in [-0.05, 0) is 43.7 Å². The summed E-state index contributed by atoms with van der Waals surface area (Å²) in [4.78, 5) is 12.3. The largest absolute Gasteiger partial charge is 0.492 e. The van der Waals surface area contributed by atoms with Gasteiger partial charge in [0.05, 0.1) is 17.9 Å². The van der Waals surface area contributed by atoms with Crippen LogP contribution < -0.4 is 10.5 Å². The molecule has 0 spiro atoms. The van der Waals surface area contributed by atoms with Crippen LogP contribution in [0.4, 0.5) is 14.5 Å². The first kappa shape index (κ1) is 15.0. The fourth-order valence-electron chi connectivity index (χ4n) is 1.96. The Morgan fingerprint density at radius 3 is 2.52 bits per heavy atom. The van der Waals surface area contributed by atoms with Crippen LogP contribution in [0.3, 0.4) is 0 Å². The summed E-state index contributed by atoms with van der Waals surface area (Å²) < 4.78 is 32.3. The monoisotopic (exact) mass is 291 g/mol. The smallest absolute Gasteiger partial charge is 0.196 e. The Labute approximate surface area is 121 Å². The number of aryl methyl sites for hydroxylation is 1. The molecule has 21 heavy (non-hydrogen) atoms. The molecule has 5 heteroatoms. The number of hydrogen-bond donors (Lipinski definition) is 1. The average molecular weight is 291 g/mol. The normalized spacial score (nSPS) is 10.5. The van der Waals surface area contributed by atoms with E-state index in [1.54, 1.807) is 6.07 Å². The van der Waals surface area contributed by atoms with Crippen LogP contribution in [0.2, 0.25) is 0 Å². The molecule has 0 aliphatic heterocycles. The van der Waals surface area contributed by atoms with Crippen LogP contribution in [0, 0.1) is 18.6 Å². The van der Waals surface area contributed by atoms with Crippen LogP contribution in [0.1, 0.15) is 28.4 Å². The van der Waals surface area contributed by atoms with Crippen molar-refractivity contribution in [1.82, 2.24) is 0 Å². The second-order valence-corrected chi connectivity index (χ2v) is 4.60. The summed E-state index contributed by atoms with van der Waals surface area (Å²) in [5, 5.41) is 0. The highest BCUT2D eigenvalue weighted by Crippen LogP contribution is 2.25. The molecular formula is C16H15F2NO2. The second-order valence-electron chi connectivity index (χ2n) is 4.60. The zero-order valence-electron chi connectivity index (χ0n) is 11.7. The standard InChI is InChI=1S/C16H15F2NO2/c1-3-21-15-5-4-10(7-14(15)19)16(20)11-6-9(2)12(17)8-13(11)18/h4-8H,3,19H2,1-2H3. The molecule has 0 unspecified atom stereocenters. The molecule has 0 amide bonds. The van der Waals surface area contributed by atoms with E-state index in [1.165, 1.54) is 25.1 Å². The number of ether oxygens (including phenoxy) is 1. The van der Waals surface area contributed by atoms with Gasteiger partial charge in [0.1, 0.15) is 17.4 Å². The number of anilines is 1. The van der Waals surface area contributed by atoms with E-state index < -0.39 is 17.4 Å². The molecule has 2 N–H and O–H groups in total. The Kier molecular flexibility index (Phi) is 4.21. The number of carbonyl (C=O) groups is 1. The number of nitrogens with two attached hydrogens (primary N) is 1. The van der Waals surface area contributed by atoms with E-state index in [4.69, 9.17) is 10.5 Å². The van der Waals surface area contributed by atoms with Crippen LogP contribution in [-0.4, -0.2) is 12.4 Å². The van der Waals surface area contributed by atoms with Gasteiger partial charge in [0.25, 0.3) is 0 Å². The van der Waals surface area contributed by atoms with Crippen molar-refractivity contribution < 1.29 is 18.3 Å². The third-order valence-electron chi connectivity index (χ3n) is 3.06. The molecular weight excluding hydrogens is 276 g/mol. The van der Waals surface area contributed by atoms with E-state index >= 15 is 0 Å². The molecule has 0 atom stereocenters. The zero-order chi connectivity index (χ0) is 15.6. The molecule has 110 valence electrons. The van der Waals surface area contributed by atoms with Gasteiger partial charge in [-0.25, -0.2) is 8.78 Å². The Bertz CT molecular complexity index is 699. The van der Waals surface area contributed by atoms with Crippen molar-refractivity contribution in [3.8, 4) is 5.75 Å². The number of halogens is 2. The van der Waals surface area contributed by atoms with Crippen LogP contribution in [0.5, 0.6) is 5.75 Å². The number of hydrogen-bond acceptors (Lipinski definition) is 3. The lowest BCUT2D eigenvalue weighted by molar-refractivity contribution is 0.103. The summed E-state index contributed by atoms with van der Waals surface area (Å²) in [6.45, 7) is 3.73. The van der Waals surface area contributed by atoms with Gasteiger partial charge in [0.15, 0.2) is 5.78 Å². The highest BCUT2D eigenvalue weighted by molar-refractivity contribution is 6.09. The molecule has 0 aliphatic carbocycles. The number of ketones is 1. The van der Waals surface area contributed by atoms with Gasteiger partial charge in [-0.3, -0.25) is 4.79 Å². The van der Waals surface area contributed by atoms with Gasteiger partial charge < -0.3 is 10.5 Å². The molecule has 0 fully saturated rings. The van der Waals surface area contributed by atoms with Crippen molar-refractivity contribution >= 4 is 11.5 Å². The van der Waals surface area contributed by atoms with Gasteiger partial charge in [-0.15, -0.1) is 0 Å². The molecule has 2 rings (SSSR count). The summed E-state index contributed by atoms with van der Waals surface area (Å²) in [6, 6.07) is 6.38. The maximum Gasteiger partial charge on any atom is 0.196 e. The molecule has 0 heterocycles. The summed E-state index contributed by atoms with van der Waals surface area (Å²) >= 11 is 0. The van der Waals surface area contributed by atoms with Crippen molar-refractivity contribution in [2.24, 2.45) is 0 Å². The molecule has 0 saturated carbocycles. The molecule has 0 saturated heterocycles. The first-order valence-electron chi connectivity index (χ1n) is 6.46. The predicted octanol–water partition coefficient (Wildman–Crippen LogP) is 3.49. The van der Waals surface area contributed by atoms with Gasteiger partial charge >= 0.3 is 0 Å². The molecule has 3 nitrogen and oxygen atoms in total. The topological polar surface area (TPSA) is 52.3 Å². The van der Waals surface area contributed by atoms with Crippen molar-refractivity contribution in [2.75, 3.05) is 12.3 Å². The van der Waals surface area contributed by atoms with E-state index in [0.29, 0.717) is 24.1 Å². The Hall–Kier alpha value is -2.43. The van der Waals surface area contributed by atoms with Crippen LogP contribution >= 0.6 is 0 Å². The Balaban J connectivity index is 2.41. The summed E-state index contributed by atoms with van der Waals surface area (Å²) in [6.07, 6.45) is 0. The molecule has 0 aliphatic rings. The van der Waals surface area contributed by atoms with E-state index in [2.05, 4.69) is 0 Å². The lowest BCUT2D eigenvalue weighted by atomic mass is 10.00. The Morgan fingerprint density at radius 2 is 1.90 bits per heavy atom. The van der Waals surface area contributed by atoms with Crippen LogP contribution in [-0.2, 0) is 0 Å². The van der Waals surface area contributed by atoms with Crippen molar-refractivity contribution in [2.45, 2.75) is 13.8 Å². The van der Waals surface area contributed by atoms with Crippen LogP contribution in [0.15, 0.2) is 30.3 Å². The molecule has 2 aromatic rings. The van der Waals surface area contributed by atoms with Gasteiger partial charge in [-0.2, -0.15) is 0 Å². The fraction of sp³-hybridized carbons (Fsp3) is 0.188. The second kappa shape index (κ2) is 5.91. The number of carbonyl (C=O) groups excluding carboxylic acids is 1. The van der Waals surface area contributed by atoms with E-state index in [0.717, 1.165) is 0 Å². The van der Waals surface area contributed by atoms with Gasteiger partial charge in [-0.1, -0.05) is 0 Å². The van der Waals surface area contributed by atoms with Crippen LogP contribution in [0.25, 0.3) is 0 Å². The number of rotatable bonds is 4. The van der Waals surface area contributed by atoms with E-state index in [9.17, 15) is 13.6 Å². The number of benzene rings is 2. The summed E-state index contributed by atoms with van der Waals surface area (Å²) in [5.41, 5.74) is 6.33. The Morgan fingerprint density at radius 1 is 1.19 bits per heavy atom. The maximum absolute atomic E-state index is 13.8. The molecule has 0 radical (unpaired) electrons. The van der Waals surface area contributed by atoms with E-state index in [-0.39, 0.29) is 16.7 Å². The van der Waals surface area contributed by atoms with Gasteiger partial charge in [0, 0.05) is 11.6 Å². The highest BCUT2D eigenvalue weighted by atomic mass is 19.1. The third kappa shape index (κ3) is 3.02. The third-order valence-corrected chi connectivity index (χ3v) is 3.06. The van der Waals surface area contributed by atoms with E-state index in [1.807, 2.05) is 6.92 Å². The minimum Gasteiger partial charge on any atom is -0.492 e. The first-order chi connectivity index (χ1) is 9.93. The number of nitrogen functional groups attached to an aromatic ring is 1. The molecule has 2 aromatic carbocycles. The highest BCUT2D eigenvalue weighted by Gasteiger charge is 2.17. The first-order valence-corrected chi connectivity index (χ1v) is 6.46. The summed E-state index contributed by atoms with van der Waals surface area (Å²) in [7, 11) is 0. The molecule has 0 aromatic heterocycles.